The van der Waals surface area contributed by atoms with Crippen LogP contribution in [-0.4, -0.2) is 38.3 Å². The van der Waals surface area contributed by atoms with Crippen molar-refractivity contribution in [2.75, 3.05) is 13.1 Å². The summed E-state index contributed by atoms with van der Waals surface area (Å²) in [4.78, 5) is 2.32. The van der Waals surface area contributed by atoms with Crippen LogP contribution in [0.25, 0.3) is 0 Å². The van der Waals surface area contributed by atoms with E-state index in [2.05, 4.69) is 19.7 Å². The molecule has 0 saturated heterocycles. The standard InChI is InChI=1S/C9H17N5/c1-9(2,10)6-13-3-4-14-7-11-12-8(14)5-13/h7H,3-6,10H2,1-2H3. The van der Waals surface area contributed by atoms with Crippen molar-refractivity contribution in [3.8, 4) is 0 Å². The van der Waals surface area contributed by atoms with Gasteiger partial charge in [0.25, 0.3) is 0 Å². The zero-order chi connectivity index (χ0) is 10.2. The fourth-order valence-corrected chi connectivity index (χ4v) is 1.83. The van der Waals surface area contributed by atoms with E-state index in [4.69, 9.17) is 5.73 Å². The molecule has 0 saturated carbocycles. The van der Waals surface area contributed by atoms with Crippen LogP contribution in [0.5, 0.6) is 0 Å². The lowest BCUT2D eigenvalue weighted by Crippen LogP contribution is -2.47. The molecule has 0 radical (unpaired) electrons. The Bertz CT molecular complexity index is 311. The summed E-state index contributed by atoms with van der Waals surface area (Å²) in [6, 6.07) is 0. The summed E-state index contributed by atoms with van der Waals surface area (Å²) in [5.41, 5.74) is 5.84. The Morgan fingerprint density at radius 3 is 3.00 bits per heavy atom. The Hall–Kier alpha value is -0.940. The summed E-state index contributed by atoms with van der Waals surface area (Å²) < 4.78 is 2.10. The number of hydrogen-bond acceptors (Lipinski definition) is 4. The molecule has 0 aromatic carbocycles. The first-order valence-electron chi connectivity index (χ1n) is 4.92. The molecule has 0 amide bonds. The van der Waals surface area contributed by atoms with E-state index < -0.39 is 0 Å². The van der Waals surface area contributed by atoms with Crippen molar-refractivity contribution in [2.45, 2.75) is 32.5 Å². The molecule has 0 fully saturated rings. The summed E-state index contributed by atoms with van der Waals surface area (Å²) in [5.74, 6) is 1.04. The fourth-order valence-electron chi connectivity index (χ4n) is 1.83. The van der Waals surface area contributed by atoms with Gasteiger partial charge < -0.3 is 10.3 Å². The Labute approximate surface area is 83.9 Å². The lowest BCUT2D eigenvalue weighted by Gasteiger charge is -2.32. The molecule has 1 aliphatic rings. The topological polar surface area (TPSA) is 60.0 Å². The molecule has 0 atom stereocenters. The van der Waals surface area contributed by atoms with Crippen LogP contribution in [0.2, 0.25) is 0 Å². The van der Waals surface area contributed by atoms with Gasteiger partial charge in [0, 0.05) is 25.2 Å². The highest BCUT2D eigenvalue weighted by atomic mass is 15.3. The molecule has 0 unspecified atom stereocenters. The second kappa shape index (κ2) is 3.33. The minimum atomic E-state index is -0.137. The van der Waals surface area contributed by atoms with E-state index in [-0.39, 0.29) is 5.54 Å². The molecular formula is C9H17N5. The predicted octanol–water partition coefficient (Wildman–Crippen LogP) is -0.169. The third kappa shape index (κ3) is 2.10. The molecule has 0 aliphatic carbocycles. The van der Waals surface area contributed by atoms with Crippen LogP contribution in [0.1, 0.15) is 19.7 Å². The van der Waals surface area contributed by atoms with Gasteiger partial charge in [-0.1, -0.05) is 0 Å². The second-order valence-electron chi connectivity index (χ2n) is 4.64. The van der Waals surface area contributed by atoms with Gasteiger partial charge in [0.2, 0.25) is 0 Å². The van der Waals surface area contributed by atoms with Crippen molar-refractivity contribution in [3.05, 3.63) is 12.2 Å². The molecule has 0 spiro atoms. The van der Waals surface area contributed by atoms with Crippen molar-refractivity contribution >= 4 is 0 Å². The number of aromatic nitrogens is 3. The normalized spacial score (nSPS) is 18.2. The van der Waals surface area contributed by atoms with Crippen molar-refractivity contribution in [1.82, 2.24) is 19.7 Å². The maximum absolute atomic E-state index is 5.98. The number of hydrogen-bond donors (Lipinski definition) is 1. The first-order chi connectivity index (χ1) is 6.54. The molecule has 2 heterocycles. The van der Waals surface area contributed by atoms with E-state index >= 15 is 0 Å². The van der Waals surface area contributed by atoms with E-state index in [0.717, 1.165) is 32.0 Å². The summed E-state index contributed by atoms with van der Waals surface area (Å²) in [6.07, 6.45) is 1.79. The van der Waals surface area contributed by atoms with E-state index in [9.17, 15) is 0 Å². The van der Waals surface area contributed by atoms with Crippen LogP contribution in [0, 0.1) is 0 Å². The minimum absolute atomic E-state index is 0.137. The molecule has 14 heavy (non-hydrogen) atoms. The molecule has 0 bridgehead atoms. The van der Waals surface area contributed by atoms with Gasteiger partial charge in [-0.3, -0.25) is 4.90 Å². The third-order valence-electron chi connectivity index (χ3n) is 2.35. The number of nitrogens with two attached hydrogens (primary N) is 1. The Kier molecular flexibility index (Phi) is 2.28. The van der Waals surface area contributed by atoms with Crippen molar-refractivity contribution in [2.24, 2.45) is 5.73 Å². The first-order valence-corrected chi connectivity index (χ1v) is 4.92. The highest BCUT2D eigenvalue weighted by Crippen LogP contribution is 2.11. The third-order valence-corrected chi connectivity index (χ3v) is 2.35. The van der Waals surface area contributed by atoms with Gasteiger partial charge in [0.05, 0.1) is 6.54 Å². The van der Waals surface area contributed by atoms with Crippen molar-refractivity contribution < 1.29 is 0 Å². The lowest BCUT2D eigenvalue weighted by atomic mass is 10.1. The Morgan fingerprint density at radius 1 is 1.50 bits per heavy atom. The SMILES string of the molecule is CC(C)(N)CN1CCn2cnnc2C1. The van der Waals surface area contributed by atoms with Gasteiger partial charge in [-0.05, 0) is 13.8 Å². The zero-order valence-electron chi connectivity index (χ0n) is 8.77. The quantitative estimate of drug-likeness (QED) is 0.712. The molecule has 5 heteroatoms. The average Bonchev–Trinajstić information content (AvgIpc) is 2.47. The predicted molar refractivity (Wildman–Crippen MR) is 53.6 cm³/mol. The molecular weight excluding hydrogens is 178 g/mol. The molecule has 78 valence electrons. The number of nitrogens with zero attached hydrogens (tertiary/aromatic N) is 4. The molecule has 2 rings (SSSR count). The van der Waals surface area contributed by atoms with Crippen LogP contribution in [0.4, 0.5) is 0 Å². The van der Waals surface area contributed by atoms with E-state index in [0.29, 0.717) is 0 Å². The maximum Gasteiger partial charge on any atom is 0.147 e. The van der Waals surface area contributed by atoms with Crippen LogP contribution < -0.4 is 5.73 Å². The van der Waals surface area contributed by atoms with Gasteiger partial charge >= 0.3 is 0 Å². The summed E-state index contributed by atoms with van der Waals surface area (Å²) in [6.45, 7) is 7.86. The smallest absolute Gasteiger partial charge is 0.147 e. The summed E-state index contributed by atoms with van der Waals surface area (Å²) >= 11 is 0. The molecule has 1 aromatic heterocycles. The van der Waals surface area contributed by atoms with Gasteiger partial charge in [0.1, 0.15) is 12.2 Å². The highest BCUT2D eigenvalue weighted by Gasteiger charge is 2.22. The Balaban J connectivity index is 2.01. The van der Waals surface area contributed by atoms with E-state index in [1.54, 1.807) is 6.33 Å². The Morgan fingerprint density at radius 2 is 2.29 bits per heavy atom. The molecule has 1 aliphatic heterocycles. The highest BCUT2D eigenvalue weighted by molar-refractivity contribution is 4.91. The van der Waals surface area contributed by atoms with Gasteiger partial charge in [-0.25, -0.2) is 0 Å². The molecule has 1 aromatic rings. The van der Waals surface area contributed by atoms with Gasteiger partial charge in [-0.15, -0.1) is 10.2 Å². The summed E-state index contributed by atoms with van der Waals surface area (Å²) in [7, 11) is 0. The van der Waals surface area contributed by atoms with Crippen molar-refractivity contribution in [1.29, 1.82) is 0 Å². The van der Waals surface area contributed by atoms with Crippen LogP contribution in [0.3, 0.4) is 0 Å². The van der Waals surface area contributed by atoms with Crippen LogP contribution in [-0.2, 0) is 13.1 Å². The number of fused-ring (bicyclic) bond motifs is 1. The van der Waals surface area contributed by atoms with Gasteiger partial charge in [0.15, 0.2) is 0 Å². The van der Waals surface area contributed by atoms with E-state index in [1.165, 1.54) is 0 Å². The van der Waals surface area contributed by atoms with E-state index in [1.807, 2.05) is 13.8 Å². The average molecular weight is 195 g/mol. The maximum atomic E-state index is 5.98. The van der Waals surface area contributed by atoms with Gasteiger partial charge in [-0.2, -0.15) is 0 Å². The van der Waals surface area contributed by atoms with Crippen LogP contribution >= 0.6 is 0 Å². The van der Waals surface area contributed by atoms with Crippen molar-refractivity contribution in [3.63, 3.8) is 0 Å². The monoisotopic (exact) mass is 195 g/mol. The summed E-state index contributed by atoms with van der Waals surface area (Å²) in [5, 5.41) is 7.96. The molecule has 2 N–H and O–H groups in total. The first kappa shape index (κ1) is 9.61. The number of rotatable bonds is 2. The largest absolute Gasteiger partial charge is 0.324 e. The lowest BCUT2D eigenvalue weighted by molar-refractivity contribution is 0.181. The fraction of sp³-hybridized carbons (Fsp3) is 0.778. The second-order valence-corrected chi connectivity index (χ2v) is 4.64. The van der Waals surface area contributed by atoms with Crippen LogP contribution in [0.15, 0.2) is 6.33 Å². The molecule has 5 nitrogen and oxygen atoms in total. The minimum Gasteiger partial charge on any atom is -0.324 e. The zero-order valence-corrected chi connectivity index (χ0v) is 8.77.